The third-order valence-corrected chi connectivity index (χ3v) is 3.50. The average molecular weight is 239 g/mol. The Balaban J connectivity index is 2.65. The van der Waals surface area contributed by atoms with E-state index in [0.717, 1.165) is 5.57 Å². The van der Waals surface area contributed by atoms with E-state index in [-0.39, 0.29) is 12.0 Å². The Bertz CT molecular complexity index is 555. The number of ether oxygens (including phenoxy) is 1. The van der Waals surface area contributed by atoms with Gasteiger partial charge in [-0.25, -0.2) is 4.79 Å². The van der Waals surface area contributed by atoms with Crippen LogP contribution in [0, 0.1) is 5.41 Å². The van der Waals surface area contributed by atoms with Crippen LogP contribution >= 0.6 is 0 Å². The summed E-state index contributed by atoms with van der Waals surface area (Å²) in [7, 11) is 0. The molecular formula is C15H22O2. The zero-order valence-electron chi connectivity index (χ0n) is 15.6. The molecule has 2 aliphatic rings. The number of allylic oxidation sites excluding steroid dienone is 1. The SMILES string of the molecule is [2H]C([2H])([2H])C1=C(C2CC(C)=CC(=O)O2)C(C)(C)CCC1([2H])[2H]. The highest BCUT2D eigenvalue weighted by Gasteiger charge is 2.36. The van der Waals surface area contributed by atoms with E-state index in [1.54, 1.807) is 6.92 Å². The van der Waals surface area contributed by atoms with Gasteiger partial charge in [-0.2, -0.15) is 0 Å². The minimum atomic E-state index is -2.54. The van der Waals surface area contributed by atoms with Gasteiger partial charge in [0.15, 0.2) is 0 Å². The Morgan fingerprint density at radius 3 is 3.00 bits per heavy atom. The maximum Gasteiger partial charge on any atom is 0.331 e. The highest BCUT2D eigenvalue weighted by molar-refractivity contribution is 5.84. The van der Waals surface area contributed by atoms with Gasteiger partial charge in [-0.15, -0.1) is 0 Å². The predicted molar refractivity (Wildman–Crippen MR) is 68.6 cm³/mol. The van der Waals surface area contributed by atoms with Gasteiger partial charge < -0.3 is 4.74 Å². The molecule has 2 rings (SSSR count). The van der Waals surface area contributed by atoms with E-state index in [9.17, 15) is 4.79 Å². The summed E-state index contributed by atoms with van der Waals surface area (Å²) in [6.07, 6.45) is -0.106. The Kier molecular flexibility index (Phi) is 1.88. The monoisotopic (exact) mass is 239 g/mol. The summed E-state index contributed by atoms with van der Waals surface area (Å²) in [5.41, 5.74) is 0.562. The van der Waals surface area contributed by atoms with E-state index in [0.29, 0.717) is 18.4 Å². The predicted octanol–water partition coefficient (Wildman–Crippen LogP) is 3.77. The molecule has 2 nitrogen and oxygen atoms in total. The molecule has 0 aromatic carbocycles. The molecule has 0 N–H and O–H groups in total. The Labute approximate surface area is 111 Å². The van der Waals surface area contributed by atoms with Gasteiger partial charge in [-0.05, 0) is 44.0 Å². The summed E-state index contributed by atoms with van der Waals surface area (Å²) >= 11 is 0. The van der Waals surface area contributed by atoms with Crippen molar-refractivity contribution in [1.29, 1.82) is 0 Å². The van der Waals surface area contributed by atoms with Crippen molar-refractivity contribution in [3.63, 3.8) is 0 Å². The number of carbonyl (C=O) groups excluding carboxylic acids is 1. The van der Waals surface area contributed by atoms with Gasteiger partial charge in [-0.1, -0.05) is 25.0 Å². The molecule has 17 heavy (non-hydrogen) atoms. The Morgan fingerprint density at radius 1 is 1.59 bits per heavy atom. The van der Waals surface area contributed by atoms with Gasteiger partial charge in [0.2, 0.25) is 0 Å². The first-order chi connectivity index (χ1) is 9.84. The van der Waals surface area contributed by atoms with Gasteiger partial charge in [-0.3, -0.25) is 0 Å². The molecule has 2 heteroatoms. The van der Waals surface area contributed by atoms with Gasteiger partial charge in [0, 0.05) is 19.4 Å². The molecule has 0 spiro atoms. The topological polar surface area (TPSA) is 26.3 Å². The first-order valence-electron chi connectivity index (χ1n) is 8.48. The molecule has 0 bridgehead atoms. The molecule has 0 radical (unpaired) electrons. The van der Waals surface area contributed by atoms with Crippen LogP contribution < -0.4 is 0 Å². The quantitative estimate of drug-likeness (QED) is 0.514. The van der Waals surface area contributed by atoms with Crippen molar-refractivity contribution < 1.29 is 16.4 Å². The highest BCUT2D eigenvalue weighted by Crippen LogP contribution is 2.44. The number of cyclic esters (lactones) is 1. The second-order valence-corrected chi connectivity index (χ2v) is 5.47. The molecule has 1 aliphatic heterocycles. The van der Waals surface area contributed by atoms with Crippen molar-refractivity contribution in [3.05, 3.63) is 22.8 Å². The third kappa shape index (κ3) is 2.46. The van der Waals surface area contributed by atoms with Crippen molar-refractivity contribution in [2.24, 2.45) is 5.41 Å². The van der Waals surface area contributed by atoms with E-state index in [1.807, 2.05) is 13.8 Å². The van der Waals surface area contributed by atoms with Crippen molar-refractivity contribution in [2.45, 2.75) is 59.4 Å². The summed E-state index contributed by atoms with van der Waals surface area (Å²) in [5, 5.41) is 0. The van der Waals surface area contributed by atoms with Crippen molar-refractivity contribution in [2.75, 3.05) is 0 Å². The number of hydrogen-bond acceptors (Lipinski definition) is 2. The normalized spacial score (nSPS) is 36.9. The molecule has 0 aromatic rings. The summed E-state index contributed by atoms with van der Waals surface area (Å²) in [6.45, 7) is 3.04. The van der Waals surface area contributed by atoms with Crippen molar-refractivity contribution in [1.82, 2.24) is 0 Å². The van der Waals surface area contributed by atoms with Gasteiger partial charge in [0.1, 0.15) is 6.10 Å². The summed E-state index contributed by atoms with van der Waals surface area (Å²) < 4.78 is 45.0. The molecule has 0 amide bonds. The van der Waals surface area contributed by atoms with E-state index in [2.05, 4.69) is 0 Å². The molecule has 1 aliphatic carbocycles. The lowest BCUT2D eigenvalue weighted by Gasteiger charge is -2.39. The summed E-state index contributed by atoms with van der Waals surface area (Å²) in [5.74, 6) is -0.493. The van der Waals surface area contributed by atoms with Crippen LogP contribution in [-0.2, 0) is 9.53 Å². The van der Waals surface area contributed by atoms with Crippen LogP contribution in [0.4, 0.5) is 0 Å². The fourth-order valence-electron chi connectivity index (χ4n) is 2.59. The zero-order valence-corrected chi connectivity index (χ0v) is 10.6. The maximum absolute atomic E-state index is 11.7. The fourth-order valence-corrected chi connectivity index (χ4v) is 2.59. The number of rotatable bonds is 1. The van der Waals surface area contributed by atoms with Crippen LogP contribution in [0.2, 0.25) is 0 Å². The molecule has 94 valence electrons. The van der Waals surface area contributed by atoms with E-state index >= 15 is 0 Å². The van der Waals surface area contributed by atoms with Gasteiger partial charge in [0.05, 0.1) is 0 Å². The first-order valence-corrected chi connectivity index (χ1v) is 5.98. The molecule has 1 heterocycles. The third-order valence-electron chi connectivity index (χ3n) is 3.50. The molecule has 0 saturated heterocycles. The standard InChI is InChI=1S/C15H22O2/c1-10-8-12(17-13(16)9-10)14-11(2)6-5-7-15(14,3)4/h9,12H,5-8H2,1-4H3/i2D3,6D2. The fraction of sp³-hybridized carbons (Fsp3) is 0.667. The minimum absolute atomic E-state index is 0.159. The van der Waals surface area contributed by atoms with E-state index in [1.165, 1.54) is 6.08 Å². The van der Waals surface area contributed by atoms with Crippen molar-refractivity contribution >= 4 is 5.97 Å². The molecule has 0 saturated carbocycles. The molecule has 0 aromatic heterocycles. The Hall–Kier alpha value is -1.05. The van der Waals surface area contributed by atoms with Crippen LogP contribution in [0.3, 0.4) is 0 Å². The van der Waals surface area contributed by atoms with E-state index in [4.69, 9.17) is 11.6 Å². The molecular weight excluding hydrogens is 212 g/mol. The summed E-state index contributed by atoms with van der Waals surface area (Å²) in [6, 6.07) is 0. The summed E-state index contributed by atoms with van der Waals surface area (Å²) in [4.78, 5) is 11.7. The van der Waals surface area contributed by atoms with Crippen LogP contribution in [0.5, 0.6) is 0 Å². The number of carbonyl (C=O) groups is 1. The largest absolute Gasteiger partial charge is 0.454 e. The van der Waals surface area contributed by atoms with Crippen LogP contribution in [0.1, 0.15) is 60.1 Å². The van der Waals surface area contributed by atoms with Gasteiger partial charge >= 0.3 is 5.97 Å². The van der Waals surface area contributed by atoms with E-state index < -0.39 is 30.7 Å². The number of esters is 1. The first kappa shape index (κ1) is 7.40. The smallest absolute Gasteiger partial charge is 0.331 e. The lowest BCUT2D eigenvalue weighted by molar-refractivity contribution is -0.143. The van der Waals surface area contributed by atoms with Crippen molar-refractivity contribution in [3.8, 4) is 0 Å². The minimum Gasteiger partial charge on any atom is -0.454 e. The second kappa shape index (κ2) is 4.32. The lowest BCUT2D eigenvalue weighted by atomic mass is 9.69. The van der Waals surface area contributed by atoms with Crippen LogP contribution in [-0.4, -0.2) is 12.1 Å². The average Bonchev–Trinajstić information content (AvgIpc) is 2.29. The van der Waals surface area contributed by atoms with Gasteiger partial charge in [0.25, 0.3) is 0 Å². The number of hydrogen-bond donors (Lipinski definition) is 0. The Morgan fingerprint density at radius 2 is 2.35 bits per heavy atom. The lowest BCUT2D eigenvalue weighted by Crippen LogP contribution is -2.34. The molecule has 0 fully saturated rings. The second-order valence-electron chi connectivity index (χ2n) is 5.47. The maximum atomic E-state index is 11.7. The van der Waals surface area contributed by atoms with Crippen LogP contribution in [0.25, 0.3) is 0 Å². The molecule has 1 unspecified atom stereocenters. The highest BCUT2D eigenvalue weighted by atomic mass is 16.5. The van der Waals surface area contributed by atoms with Crippen LogP contribution in [0.15, 0.2) is 22.8 Å². The zero-order chi connectivity index (χ0) is 16.9. The molecule has 1 atom stereocenters.